The van der Waals surface area contributed by atoms with E-state index in [9.17, 15) is 4.79 Å². The Balaban J connectivity index is 1.66. The maximum Gasteiger partial charge on any atom is 0.230 e. The molecule has 3 rings (SSSR count). The summed E-state index contributed by atoms with van der Waals surface area (Å²) in [4.78, 5) is 20.4. The molecule has 0 saturated carbocycles. The molecule has 2 heterocycles. The molecule has 5 heteroatoms. The monoisotopic (exact) mass is 333 g/mol. The van der Waals surface area contributed by atoms with Gasteiger partial charge in [-0.05, 0) is 47.9 Å². The van der Waals surface area contributed by atoms with Crippen molar-refractivity contribution in [3.63, 3.8) is 0 Å². The molecule has 0 spiro atoms. The Labute approximate surface area is 146 Å². The van der Waals surface area contributed by atoms with Crippen molar-refractivity contribution >= 4 is 11.7 Å². The molecule has 0 aliphatic heterocycles. The first kappa shape index (κ1) is 16.6. The smallest absolute Gasteiger partial charge is 0.230 e. The molecule has 126 valence electrons. The summed E-state index contributed by atoms with van der Waals surface area (Å²) in [6.07, 6.45) is 5.22. The molecular formula is C20H19N3O2. The minimum absolute atomic E-state index is 0.148. The quantitative estimate of drug-likeness (QED) is 0.749. The topological polar surface area (TPSA) is 64.1 Å². The Morgan fingerprint density at radius 1 is 1.04 bits per heavy atom. The first-order valence-corrected chi connectivity index (χ1v) is 8.03. The fourth-order valence-electron chi connectivity index (χ4n) is 2.39. The van der Waals surface area contributed by atoms with Crippen LogP contribution in [-0.4, -0.2) is 15.9 Å². The molecule has 0 aliphatic rings. The van der Waals surface area contributed by atoms with E-state index in [4.69, 9.17) is 4.74 Å². The summed E-state index contributed by atoms with van der Waals surface area (Å²) in [5.41, 5.74) is 3.15. The number of nitrogens with zero attached hydrogens (tertiary/aromatic N) is 2. The molecular weight excluding hydrogens is 314 g/mol. The highest BCUT2D eigenvalue weighted by atomic mass is 16.5. The van der Waals surface area contributed by atoms with Crippen molar-refractivity contribution in [2.45, 2.75) is 20.0 Å². The van der Waals surface area contributed by atoms with Gasteiger partial charge in [-0.25, -0.2) is 4.98 Å². The maximum absolute atomic E-state index is 12.2. The number of carbonyl (C=O) groups is 1. The first-order chi connectivity index (χ1) is 12.2. The lowest BCUT2D eigenvalue weighted by molar-refractivity contribution is -0.115. The van der Waals surface area contributed by atoms with Gasteiger partial charge in [-0.1, -0.05) is 24.3 Å². The van der Waals surface area contributed by atoms with Crippen LogP contribution >= 0.6 is 0 Å². The van der Waals surface area contributed by atoms with E-state index in [1.54, 1.807) is 30.7 Å². The molecule has 0 saturated heterocycles. The zero-order chi connectivity index (χ0) is 17.5. The predicted molar refractivity (Wildman–Crippen MR) is 96.3 cm³/mol. The molecule has 3 aromatic rings. The number of carbonyl (C=O) groups excluding carboxylic acids is 1. The third-order valence-electron chi connectivity index (χ3n) is 3.79. The predicted octanol–water partition coefficient (Wildman–Crippen LogP) is 3.55. The number of aromatic nitrogens is 2. The molecule has 1 aromatic carbocycles. The first-order valence-electron chi connectivity index (χ1n) is 8.03. The van der Waals surface area contributed by atoms with Gasteiger partial charge < -0.3 is 10.1 Å². The summed E-state index contributed by atoms with van der Waals surface area (Å²) < 4.78 is 5.87. The average Bonchev–Trinajstić information content (AvgIpc) is 2.63. The highest BCUT2D eigenvalue weighted by molar-refractivity contribution is 5.92. The van der Waals surface area contributed by atoms with E-state index in [2.05, 4.69) is 15.3 Å². The Morgan fingerprint density at radius 3 is 2.64 bits per heavy atom. The van der Waals surface area contributed by atoms with Crippen LogP contribution in [0.25, 0.3) is 0 Å². The normalized spacial score (nSPS) is 10.3. The lowest BCUT2D eigenvalue weighted by Gasteiger charge is -2.12. The molecule has 5 nitrogen and oxygen atoms in total. The van der Waals surface area contributed by atoms with Gasteiger partial charge in [0.1, 0.15) is 6.61 Å². The molecule has 1 amide bonds. The van der Waals surface area contributed by atoms with Gasteiger partial charge in [-0.2, -0.15) is 0 Å². The molecule has 0 atom stereocenters. The van der Waals surface area contributed by atoms with Gasteiger partial charge in [0.05, 0.1) is 6.42 Å². The zero-order valence-corrected chi connectivity index (χ0v) is 14.0. The second-order valence-electron chi connectivity index (χ2n) is 5.65. The molecule has 25 heavy (non-hydrogen) atoms. The van der Waals surface area contributed by atoms with Crippen molar-refractivity contribution < 1.29 is 9.53 Å². The number of benzene rings is 1. The molecule has 0 bridgehead atoms. The SMILES string of the molecule is Cc1ccccc1COc1cccnc1NC(=O)Cc1ccncc1. The number of rotatable bonds is 6. The molecule has 0 radical (unpaired) electrons. The van der Waals surface area contributed by atoms with Gasteiger partial charge in [0.2, 0.25) is 5.91 Å². The van der Waals surface area contributed by atoms with Gasteiger partial charge in [0.15, 0.2) is 11.6 Å². The summed E-state index contributed by atoms with van der Waals surface area (Å²) in [5, 5.41) is 2.81. The van der Waals surface area contributed by atoms with Crippen LogP contribution < -0.4 is 10.1 Å². The lowest BCUT2D eigenvalue weighted by atomic mass is 10.1. The third kappa shape index (κ3) is 4.64. The molecule has 2 aromatic heterocycles. The summed E-state index contributed by atoms with van der Waals surface area (Å²) in [6.45, 7) is 2.46. The average molecular weight is 333 g/mol. The number of amides is 1. The standard InChI is InChI=1S/C20H19N3O2/c1-15-5-2-3-6-17(15)14-25-18-7-4-10-22-20(18)23-19(24)13-16-8-11-21-12-9-16/h2-12H,13-14H2,1H3,(H,22,23,24). The van der Waals surface area contributed by atoms with Crippen molar-refractivity contribution in [3.05, 3.63) is 83.8 Å². The van der Waals surface area contributed by atoms with Crippen molar-refractivity contribution in [3.8, 4) is 5.75 Å². The summed E-state index contributed by atoms with van der Waals surface area (Å²) >= 11 is 0. The van der Waals surface area contributed by atoms with Gasteiger partial charge >= 0.3 is 0 Å². The van der Waals surface area contributed by atoms with Crippen molar-refractivity contribution in [1.29, 1.82) is 0 Å². The van der Waals surface area contributed by atoms with Gasteiger partial charge in [-0.3, -0.25) is 9.78 Å². The summed E-state index contributed by atoms with van der Waals surface area (Å²) in [5.74, 6) is 0.828. The number of hydrogen-bond acceptors (Lipinski definition) is 4. The molecule has 0 fully saturated rings. The number of anilines is 1. The second-order valence-corrected chi connectivity index (χ2v) is 5.65. The van der Waals surface area contributed by atoms with E-state index in [-0.39, 0.29) is 12.3 Å². The van der Waals surface area contributed by atoms with E-state index in [0.29, 0.717) is 18.2 Å². The fourth-order valence-corrected chi connectivity index (χ4v) is 2.39. The van der Waals surface area contributed by atoms with Crippen LogP contribution in [0.15, 0.2) is 67.1 Å². The Hall–Kier alpha value is -3.21. The second kappa shape index (κ2) is 8.06. The van der Waals surface area contributed by atoms with E-state index < -0.39 is 0 Å². The van der Waals surface area contributed by atoms with Crippen molar-refractivity contribution in [2.75, 3.05) is 5.32 Å². The minimum Gasteiger partial charge on any atom is -0.485 e. The Morgan fingerprint density at radius 2 is 1.84 bits per heavy atom. The maximum atomic E-state index is 12.2. The van der Waals surface area contributed by atoms with Gasteiger partial charge in [-0.15, -0.1) is 0 Å². The van der Waals surface area contributed by atoms with Gasteiger partial charge in [0, 0.05) is 18.6 Å². The van der Waals surface area contributed by atoms with E-state index >= 15 is 0 Å². The third-order valence-corrected chi connectivity index (χ3v) is 3.79. The van der Waals surface area contributed by atoms with Crippen molar-refractivity contribution in [2.24, 2.45) is 0 Å². The highest BCUT2D eigenvalue weighted by Gasteiger charge is 2.10. The summed E-state index contributed by atoms with van der Waals surface area (Å²) in [7, 11) is 0. The van der Waals surface area contributed by atoms with Crippen LogP contribution in [0.2, 0.25) is 0 Å². The minimum atomic E-state index is -0.148. The fraction of sp³-hybridized carbons (Fsp3) is 0.150. The van der Waals surface area contributed by atoms with E-state index in [1.165, 1.54) is 0 Å². The number of pyridine rings is 2. The zero-order valence-electron chi connectivity index (χ0n) is 14.0. The van der Waals surface area contributed by atoms with Crippen LogP contribution in [0.3, 0.4) is 0 Å². The lowest BCUT2D eigenvalue weighted by Crippen LogP contribution is -2.16. The molecule has 0 unspecified atom stereocenters. The molecule has 1 N–H and O–H groups in total. The van der Waals surface area contributed by atoms with Crippen molar-refractivity contribution in [1.82, 2.24) is 9.97 Å². The molecule has 0 aliphatic carbocycles. The number of aryl methyl sites for hydroxylation is 1. The van der Waals surface area contributed by atoms with E-state index in [0.717, 1.165) is 16.7 Å². The van der Waals surface area contributed by atoms with Crippen LogP contribution in [0.1, 0.15) is 16.7 Å². The summed E-state index contributed by atoms with van der Waals surface area (Å²) in [6, 6.07) is 15.2. The largest absolute Gasteiger partial charge is 0.485 e. The van der Waals surface area contributed by atoms with Crippen LogP contribution in [0, 0.1) is 6.92 Å². The number of ether oxygens (including phenoxy) is 1. The van der Waals surface area contributed by atoms with Crippen LogP contribution in [0.4, 0.5) is 5.82 Å². The van der Waals surface area contributed by atoms with Gasteiger partial charge in [0.25, 0.3) is 0 Å². The van der Waals surface area contributed by atoms with E-state index in [1.807, 2.05) is 43.3 Å². The number of nitrogens with one attached hydrogen (secondary N) is 1. The van der Waals surface area contributed by atoms with Crippen LogP contribution in [-0.2, 0) is 17.8 Å². The highest BCUT2D eigenvalue weighted by Crippen LogP contribution is 2.23. The van der Waals surface area contributed by atoms with Crippen LogP contribution in [0.5, 0.6) is 5.75 Å². The Kier molecular flexibility index (Phi) is 5.36. The Bertz CT molecular complexity index is 850. The number of hydrogen-bond donors (Lipinski definition) is 1.